The first kappa shape index (κ1) is 23.8. The number of nitrogens with zero attached hydrogens (tertiary/aromatic N) is 1. The van der Waals surface area contributed by atoms with Gasteiger partial charge in [-0.15, -0.1) is 0 Å². The van der Waals surface area contributed by atoms with Gasteiger partial charge in [0.2, 0.25) is 0 Å². The van der Waals surface area contributed by atoms with Crippen LogP contribution in [0.1, 0.15) is 41.4 Å². The molecule has 1 heterocycles. The Morgan fingerprint density at radius 3 is 2.09 bits per heavy atom. The minimum atomic E-state index is -0.888. The number of esters is 1. The predicted octanol–water partition coefficient (Wildman–Crippen LogP) is 5.50. The summed E-state index contributed by atoms with van der Waals surface area (Å²) in [5.74, 6) is -2.48. The van der Waals surface area contributed by atoms with Gasteiger partial charge in [0.05, 0.1) is 39.0 Å². The number of hydrogen-bond acceptors (Lipinski definition) is 6. The normalized spacial score (nSPS) is 12.5. The second-order valence-corrected chi connectivity index (χ2v) is 8.34. The lowest BCUT2D eigenvalue weighted by atomic mass is 10.1. The Hall–Kier alpha value is -3.39. The molecule has 7 nitrogen and oxygen atoms in total. The first-order chi connectivity index (χ1) is 16.2. The Morgan fingerprint density at radius 1 is 0.853 bits per heavy atom. The van der Waals surface area contributed by atoms with Crippen molar-refractivity contribution in [3.05, 3.63) is 91.9 Å². The average Bonchev–Trinajstić information content (AvgIpc) is 3.09. The summed E-state index contributed by atoms with van der Waals surface area (Å²) in [5.41, 5.74) is 0.662. The van der Waals surface area contributed by atoms with Crippen molar-refractivity contribution < 1.29 is 28.7 Å². The smallest absolute Gasteiger partial charge is 0.342 e. The fourth-order valence-electron chi connectivity index (χ4n) is 3.41. The summed E-state index contributed by atoms with van der Waals surface area (Å²) in [6.07, 6.45) is 0. The first-order valence-electron chi connectivity index (χ1n) is 9.73. The maximum absolute atomic E-state index is 12.8. The second kappa shape index (κ2) is 9.46. The van der Waals surface area contributed by atoms with Crippen molar-refractivity contribution in [3.63, 3.8) is 0 Å². The standard InChI is InChI=1S/C24H14Cl3NO6/c1-33-21-10-19(28-22(30)13-4-2-3-5-14(13)23(28)31)18(27)9-15(21)24(32)34-11-20(29)12-6-7-16(25)17(26)8-12/h2-10H,11H2,1H3. The van der Waals surface area contributed by atoms with E-state index in [1.54, 1.807) is 12.1 Å². The maximum atomic E-state index is 12.8. The van der Waals surface area contributed by atoms with Crippen LogP contribution in [0.2, 0.25) is 15.1 Å². The minimum Gasteiger partial charge on any atom is -0.496 e. The average molecular weight is 519 g/mol. The lowest BCUT2D eigenvalue weighted by molar-refractivity contribution is 0.0471. The van der Waals surface area contributed by atoms with E-state index in [9.17, 15) is 19.2 Å². The number of ether oxygens (including phenoxy) is 2. The van der Waals surface area contributed by atoms with Crippen molar-refractivity contribution in [3.8, 4) is 5.75 Å². The number of benzene rings is 3. The molecule has 3 aromatic carbocycles. The molecule has 34 heavy (non-hydrogen) atoms. The lowest BCUT2D eigenvalue weighted by Crippen LogP contribution is -2.29. The number of carbonyl (C=O) groups is 4. The van der Waals surface area contributed by atoms with Gasteiger partial charge in [-0.25, -0.2) is 9.69 Å². The third-order valence-electron chi connectivity index (χ3n) is 5.10. The largest absolute Gasteiger partial charge is 0.496 e. The Bertz CT molecular complexity index is 1340. The molecule has 2 amide bonds. The topological polar surface area (TPSA) is 90.0 Å². The molecule has 0 aliphatic carbocycles. The van der Waals surface area contributed by atoms with E-state index >= 15 is 0 Å². The Labute approximate surface area is 208 Å². The number of rotatable bonds is 6. The Kier molecular flexibility index (Phi) is 6.61. The fourth-order valence-corrected chi connectivity index (χ4v) is 3.96. The van der Waals surface area contributed by atoms with Crippen molar-refractivity contribution in [2.45, 2.75) is 0 Å². The van der Waals surface area contributed by atoms with E-state index < -0.39 is 30.2 Å². The molecule has 0 saturated carbocycles. The molecule has 0 spiro atoms. The van der Waals surface area contributed by atoms with Gasteiger partial charge in [0, 0.05) is 11.6 Å². The third kappa shape index (κ3) is 4.25. The number of hydrogen-bond donors (Lipinski definition) is 0. The molecular weight excluding hydrogens is 505 g/mol. The molecule has 10 heteroatoms. The number of amides is 2. The van der Waals surface area contributed by atoms with E-state index in [0.717, 1.165) is 4.90 Å². The number of anilines is 1. The molecule has 1 aliphatic rings. The van der Waals surface area contributed by atoms with Gasteiger partial charge in [-0.05, 0) is 36.4 Å². The SMILES string of the molecule is COc1cc(N2C(=O)c3ccccc3C2=O)c(Cl)cc1C(=O)OCC(=O)c1ccc(Cl)c(Cl)c1. The highest BCUT2D eigenvalue weighted by Gasteiger charge is 2.38. The van der Waals surface area contributed by atoms with Gasteiger partial charge < -0.3 is 9.47 Å². The zero-order valence-electron chi connectivity index (χ0n) is 17.4. The van der Waals surface area contributed by atoms with Crippen molar-refractivity contribution in [2.24, 2.45) is 0 Å². The molecule has 0 bridgehead atoms. The number of halogens is 3. The van der Waals surface area contributed by atoms with Crippen molar-refractivity contribution in [1.82, 2.24) is 0 Å². The molecule has 0 aromatic heterocycles. The minimum absolute atomic E-state index is 0.00272. The highest BCUT2D eigenvalue weighted by Crippen LogP contribution is 2.38. The van der Waals surface area contributed by atoms with Gasteiger partial charge in [-0.2, -0.15) is 0 Å². The number of methoxy groups -OCH3 is 1. The number of ketones is 1. The quantitative estimate of drug-likeness (QED) is 0.243. The van der Waals surface area contributed by atoms with Crippen LogP contribution in [0.4, 0.5) is 5.69 Å². The van der Waals surface area contributed by atoms with E-state index in [0.29, 0.717) is 0 Å². The van der Waals surface area contributed by atoms with Gasteiger partial charge in [0.25, 0.3) is 11.8 Å². The van der Waals surface area contributed by atoms with Crippen LogP contribution < -0.4 is 9.64 Å². The van der Waals surface area contributed by atoms with Crippen LogP contribution in [0.5, 0.6) is 5.75 Å². The number of fused-ring (bicyclic) bond motifs is 1. The summed E-state index contributed by atoms with van der Waals surface area (Å²) < 4.78 is 10.4. The molecule has 4 rings (SSSR count). The van der Waals surface area contributed by atoms with Gasteiger partial charge in [0.15, 0.2) is 12.4 Å². The van der Waals surface area contributed by atoms with Crippen molar-refractivity contribution >= 4 is 64.1 Å². The molecule has 1 aliphatic heterocycles. The van der Waals surface area contributed by atoms with Gasteiger partial charge in [-0.1, -0.05) is 46.9 Å². The molecule has 3 aromatic rings. The van der Waals surface area contributed by atoms with Crippen LogP contribution in [0.15, 0.2) is 54.6 Å². The van der Waals surface area contributed by atoms with Crippen LogP contribution in [0.25, 0.3) is 0 Å². The molecule has 0 fully saturated rings. The van der Waals surface area contributed by atoms with Crippen LogP contribution in [0.3, 0.4) is 0 Å². The second-order valence-electron chi connectivity index (χ2n) is 7.12. The van der Waals surface area contributed by atoms with Crippen LogP contribution in [0, 0.1) is 0 Å². The van der Waals surface area contributed by atoms with Crippen LogP contribution in [-0.2, 0) is 4.74 Å². The molecule has 0 saturated heterocycles. The summed E-state index contributed by atoms with van der Waals surface area (Å²) in [6.45, 7) is -0.572. The fraction of sp³-hybridized carbons (Fsp3) is 0.0833. The zero-order valence-corrected chi connectivity index (χ0v) is 19.7. The Balaban J connectivity index is 1.57. The van der Waals surface area contributed by atoms with E-state index in [1.165, 1.54) is 49.6 Å². The van der Waals surface area contributed by atoms with Crippen molar-refractivity contribution in [1.29, 1.82) is 0 Å². The van der Waals surface area contributed by atoms with E-state index in [2.05, 4.69) is 0 Å². The highest BCUT2D eigenvalue weighted by atomic mass is 35.5. The summed E-state index contributed by atoms with van der Waals surface area (Å²) in [6, 6.07) is 13.2. The number of carbonyl (C=O) groups excluding carboxylic acids is 4. The Morgan fingerprint density at radius 2 is 1.50 bits per heavy atom. The van der Waals surface area contributed by atoms with Gasteiger partial charge >= 0.3 is 5.97 Å². The first-order valence-corrected chi connectivity index (χ1v) is 10.9. The van der Waals surface area contributed by atoms with Crippen LogP contribution in [-0.4, -0.2) is 37.3 Å². The molecule has 0 unspecified atom stereocenters. The molecule has 0 N–H and O–H groups in total. The van der Waals surface area contributed by atoms with E-state index in [1.807, 2.05) is 0 Å². The van der Waals surface area contributed by atoms with Gasteiger partial charge in [-0.3, -0.25) is 14.4 Å². The molecule has 0 radical (unpaired) electrons. The molecular formula is C24H14Cl3NO6. The maximum Gasteiger partial charge on any atom is 0.342 e. The third-order valence-corrected chi connectivity index (χ3v) is 6.14. The van der Waals surface area contributed by atoms with Gasteiger partial charge in [0.1, 0.15) is 11.3 Å². The summed E-state index contributed by atoms with van der Waals surface area (Å²) in [7, 11) is 1.30. The summed E-state index contributed by atoms with van der Waals surface area (Å²) in [4.78, 5) is 51.5. The van der Waals surface area contributed by atoms with E-state index in [-0.39, 0.29) is 48.8 Å². The predicted molar refractivity (Wildman–Crippen MR) is 127 cm³/mol. The van der Waals surface area contributed by atoms with E-state index in [4.69, 9.17) is 44.3 Å². The highest BCUT2D eigenvalue weighted by molar-refractivity contribution is 6.42. The molecule has 0 atom stereocenters. The molecule has 172 valence electrons. The zero-order chi connectivity index (χ0) is 24.6. The summed E-state index contributed by atoms with van der Waals surface area (Å²) >= 11 is 18.1. The van der Waals surface area contributed by atoms with Crippen LogP contribution >= 0.6 is 34.8 Å². The lowest BCUT2D eigenvalue weighted by Gasteiger charge is -2.18. The number of imide groups is 1. The summed E-state index contributed by atoms with van der Waals surface area (Å²) in [5, 5.41) is 0.418. The monoisotopic (exact) mass is 517 g/mol. The van der Waals surface area contributed by atoms with Crippen molar-refractivity contribution in [2.75, 3.05) is 18.6 Å². The number of Topliss-reactive ketones (excluding diaryl/α,β-unsaturated/α-hetero) is 1.